The molecule has 12 heteroatoms. The van der Waals surface area contributed by atoms with Crippen molar-refractivity contribution in [3.05, 3.63) is 10.4 Å². The molecule has 0 amide bonds. The van der Waals surface area contributed by atoms with Crippen LogP contribution in [0.15, 0.2) is 4.52 Å². The zero-order valence-electron chi connectivity index (χ0n) is 55.8. The molecule has 0 saturated carbocycles. The standard InChI is InChI=1S/C31H63N3O2S.C31H63NO2S.N2/c1-25(2,3)19-22(28(10,11)12)31(20-26(4,5)6,21-27(7,8)9)23(29(13,14)15)24(30(16,17)18)37(35,36)34-33-32;1-24(2,3)19-30(20-25(4,5)6)22(27(10,11)12)23(28(13,14)15)35(33,34)32-31(30,29(16,17)18)21-26(7,8)9;1-2/h22-24H,19-21H2,1-18H3;22-23,32H,19-21H2,1-18H3;. The average molecular weight is 1080 g/mol. The molecule has 0 aliphatic carbocycles. The van der Waals surface area contributed by atoms with Gasteiger partial charge >= 0.3 is 0 Å². The lowest BCUT2D eigenvalue weighted by Gasteiger charge is -2.71. The molecule has 0 aromatic rings. The van der Waals surface area contributed by atoms with Crippen molar-refractivity contribution in [2.45, 2.75) is 304 Å². The number of nitrogens with one attached hydrogen (secondary N) is 1. The highest BCUT2D eigenvalue weighted by molar-refractivity contribution is 7.90. The Kier molecular flexibility index (Phi) is 23.2. The van der Waals surface area contributed by atoms with Gasteiger partial charge in [0.15, 0.2) is 0 Å². The van der Waals surface area contributed by atoms with Crippen LogP contribution in [-0.2, 0) is 20.0 Å². The molecular weight excluding hydrogens is 957 g/mol. The molecule has 1 heterocycles. The molecule has 1 aliphatic heterocycles. The summed E-state index contributed by atoms with van der Waals surface area (Å²) in [6.07, 6.45) is 5.50. The Morgan fingerprint density at radius 1 is 0.527 bits per heavy atom. The van der Waals surface area contributed by atoms with Gasteiger partial charge in [-0.1, -0.05) is 249 Å². The highest BCUT2D eigenvalue weighted by Crippen LogP contribution is 2.70. The van der Waals surface area contributed by atoms with E-state index >= 15 is 0 Å². The van der Waals surface area contributed by atoms with Gasteiger partial charge in [0, 0.05) is 25.8 Å². The van der Waals surface area contributed by atoms with Gasteiger partial charge in [0.05, 0.1) is 10.5 Å². The van der Waals surface area contributed by atoms with Crippen molar-refractivity contribution in [1.82, 2.24) is 4.72 Å². The van der Waals surface area contributed by atoms with E-state index in [0.29, 0.717) is 0 Å². The van der Waals surface area contributed by atoms with Crippen LogP contribution >= 0.6 is 0 Å². The fourth-order valence-corrected chi connectivity index (χ4v) is 20.9. The molecule has 0 aromatic carbocycles. The Morgan fingerprint density at radius 3 is 1.09 bits per heavy atom. The monoisotopic (exact) mass is 1080 g/mol. The molecule has 1 rings (SSSR count). The Labute approximate surface area is 462 Å². The van der Waals surface area contributed by atoms with Crippen molar-refractivity contribution in [3.63, 3.8) is 0 Å². The molecule has 1 saturated heterocycles. The minimum absolute atomic E-state index is 0.0127. The quantitative estimate of drug-likeness (QED) is 0.0931. The minimum Gasteiger partial charge on any atom is -0.221 e. The number of azide groups is 1. The second-order valence-electron chi connectivity index (χ2n) is 37.5. The zero-order valence-corrected chi connectivity index (χ0v) is 57.4. The number of hydrogen-bond acceptors (Lipinski definition) is 6. The van der Waals surface area contributed by atoms with E-state index in [9.17, 15) is 22.4 Å². The molecule has 6 unspecified atom stereocenters. The second-order valence-corrected chi connectivity index (χ2v) is 41.0. The summed E-state index contributed by atoms with van der Waals surface area (Å²) < 4.78 is 64.1. The molecule has 0 radical (unpaired) electrons. The van der Waals surface area contributed by atoms with Gasteiger partial charge in [0.2, 0.25) is 20.0 Å². The predicted octanol–water partition coefficient (Wildman–Crippen LogP) is 19.8. The smallest absolute Gasteiger partial charge is 0.221 e. The summed E-state index contributed by atoms with van der Waals surface area (Å²) in [4.78, 5) is 2.83. The molecule has 0 aromatic heterocycles. The molecule has 1 aliphatic rings. The fourth-order valence-electron chi connectivity index (χ4n) is 15.6. The highest BCUT2D eigenvalue weighted by atomic mass is 32.2. The Morgan fingerprint density at radius 2 is 0.878 bits per heavy atom. The van der Waals surface area contributed by atoms with E-state index in [1.807, 2.05) is 20.8 Å². The zero-order chi connectivity index (χ0) is 60.8. The predicted molar refractivity (Wildman–Crippen MR) is 320 cm³/mol. The molecule has 10 nitrogen and oxygen atoms in total. The van der Waals surface area contributed by atoms with Crippen molar-refractivity contribution in [2.75, 3.05) is 0 Å². The molecule has 1 fully saturated rings. The molecule has 6 atom stereocenters. The molecule has 0 spiro atoms. The highest BCUT2D eigenvalue weighted by Gasteiger charge is 2.72. The van der Waals surface area contributed by atoms with Crippen molar-refractivity contribution in [3.8, 4) is 0 Å². The lowest BCUT2D eigenvalue weighted by atomic mass is 9.40. The van der Waals surface area contributed by atoms with E-state index < -0.39 is 46.9 Å². The van der Waals surface area contributed by atoms with E-state index in [-0.39, 0.29) is 82.7 Å². The van der Waals surface area contributed by atoms with E-state index in [1.54, 1.807) is 0 Å². The van der Waals surface area contributed by atoms with Crippen molar-refractivity contribution >= 4 is 20.0 Å². The van der Waals surface area contributed by atoms with E-state index in [0.717, 1.165) is 38.5 Å². The van der Waals surface area contributed by atoms with Crippen LogP contribution in [0.3, 0.4) is 0 Å². The first-order valence-electron chi connectivity index (χ1n) is 28.1. The molecule has 440 valence electrons. The van der Waals surface area contributed by atoms with E-state index in [1.165, 1.54) is 0 Å². The van der Waals surface area contributed by atoms with Gasteiger partial charge in [-0.3, -0.25) is 0 Å². The van der Waals surface area contributed by atoms with Crippen LogP contribution in [-0.4, -0.2) is 32.9 Å². The number of hydrogen-bond donors (Lipinski definition) is 1. The second kappa shape index (κ2) is 23.0. The largest absolute Gasteiger partial charge is 0.239 e. The summed E-state index contributed by atoms with van der Waals surface area (Å²) in [5, 5.41) is 10.7. The van der Waals surface area contributed by atoms with Crippen LogP contribution in [0.1, 0.15) is 288 Å². The third kappa shape index (κ3) is 20.4. The molecular formula is C62H126N6O4S2. The van der Waals surface area contributed by atoms with Crippen molar-refractivity contribution < 1.29 is 16.8 Å². The van der Waals surface area contributed by atoms with Crippen molar-refractivity contribution in [2.24, 2.45) is 98.1 Å². The Hall–Kier alpha value is -1.41. The normalized spacial score (nSPS) is 22.5. The third-order valence-corrected chi connectivity index (χ3v) is 19.6. The van der Waals surface area contributed by atoms with Gasteiger partial charge in [-0.25, -0.2) is 21.6 Å². The molecule has 1 N–H and O–H groups in total. The van der Waals surface area contributed by atoms with Gasteiger partial charge in [-0.2, -0.15) is 0 Å². The van der Waals surface area contributed by atoms with Crippen LogP contribution in [0.5, 0.6) is 0 Å². The Balaban J connectivity index is 0. The SMILES string of the molecule is CC(C)(C)CC(C(C)(C)C)C(CC(C)(C)C)(CC(C)(C)C)C(C(C(C)(C)C)S(=O)(=O)N=[N+]=[N-])C(C)(C)C.CC(C)(C)CC1(CC(C)(C)C)C(C(C)(C)C)C(C(C)(C)C)S(=O)(=O)NC1(CC(C)(C)C)C(C)(C)C.N#N. The van der Waals surface area contributed by atoms with Crippen molar-refractivity contribution in [1.29, 1.82) is 10.8 Å². The first-order valence-corrected chi connectivity index (χ1v) is 31.2. The Bertz CT molecular complexity index is 2070. The number of nitrogens with zero attached hydrogens (tertiary/aromatic N) is 5. The number of rotatable bonds is 11. The van der Waals surface area contributed by atoms with Crippen LogP contribution < -0.4 is 4.72 Å². The maximum atomic E-state index is 14.5. The first kappa shape index (κ1) is 74.7. The summed E-state index contributed by atoms with van der Waals surface area (Å²) in [6, 6.07) is 0. The summed E-state index contributed by atoms with van der Waals surface area (Å²) in [5.74, 6) is -0.0319. The molecule has 0 bridgehead atoms. The maximum Gasteiger partial charge on any atom is 0.239 e. The van der Waals surface area contributed by atoms with Crippen LogP contribution in [0, 0.1) is 104 Å². The summed E-state index contributed by atoms with van der Waals surface area (Å²) in [5.41, 5.74) is 6.21. The van der Waals surface area contributed by atoms with E-state index in [4.69, 9.17) is 10.8 Å². The average Bonchev–Trinajstić information content (AvgIpc) is 3.01. The van der Waals surface area contributed by atoms with Crippen LogP contribution in [0.2, 0.25) is 0 Å². The summed E-state index contributed by atoms with van der Waals surface area (Å²) >= 11 is 0. The van der Waals surface area contributed by atoms with Crippen LogP contribution in [0.25, 0.3) is 10.4 Å². The number of sulfonamides is 2. The lowest BCUT2D eigenvalue weighted by Crippen LogP contribution is -2.79. The van der Waals surface area contributed by atoms with Gasteiger partial charge in [-0.15, -0.1) is 0 Å². The van der Waals surface area contributed by atoms with Gasteiger partial charge in [0.25, 0.3) is 0 Å². The van der Waals surface area contributed by atoms with E-state index in [2.05, 4.69) is 243 Å². The lowest BCUT2D eigenvalue weighted by molar-refractivity contribution is -0.151. The van der Waals surface area contributed by atoms with Gasteiger partial charge in [0.1, 0.15) is 0 Å². The van der Waals surface area contributed by atoms with Crippen LogP contribution in [0.4, 0.5) is 0 Å². The molecule has 74 heavy (non-hydrogen) atoms. The third-order valence-electron chi connectivity index (χ3n) is 15.4. The maximum absolute atomic E-state index is 14.5. The summed E-state index contributed by atoms with van der Waals surface area (Å²) in [7, 11) is -7.73. The van der Waals surface area contributed by atoms with Gasteiger partial charge < -0.3 is 0 Å². The minimum atomic E-state index is -4.12. The topological polar surface area (TPSA) is 177 Å². The first-order chi connectivity index (χ1) is 31.6. The van der Waals surface area contributed by atoms with Gasteiger partial charge in [-0.05, 0) is 138 Å². The fraction of sp³-hybridized carbons (Fsp3) is 1.00. The summed E-state index contributed by atoms with van der Waals surface area (Å²) in [6.45, 7) is 81.2.